The number of nitrogens with two attached hydrogens (primary N) is 1. The molecule has 0 radical (unpaired) electrons. The Labute approximate surface area is 165 Å². The molecule has 2 heterocycles. The highest BCUT2D eigenvalue weighted by Crippen LogP contribution is 2.27. The zero-order valence-electron chi connectivity index (χ0n) is 16.0. The zero-order valence-corrected chi connectivity index (χ0v) is 16.9. The Kier molecular flexibility index (Phi) is 5.28. The first-order valence-corrected chi connectivity index (χ1v) is 9.47. The summed E-state index contributed by atoms with van der Waals surface area (Å²) in [4.78, 5) is 41.7. The number of ketones is 1. The summed E-state index contributed by atoms with van der Waals surface area (Å²) in [5.74, 6) is -0.579. The average Bonchev–Trinajstić information content (AvgIpc) is 3.13. The third kappa shape index (κ3) is 3.40. The van der Waals surface area contributed by atoms with E-state index >= 15 is 0 Å². The molecule has 0 saturated carbocycles. The van der Waals surface area contributed by atoms with Crippen LogP contribution in [0.4, 0.5) is 5.82 Å². The molecule has 0 fully saturated rings. The molecule has 0 spiro atoms. The molecule has 0 amide bonds. The fourth-order valence-corrected chi connectivity index (χ4v) is 3.80. The number of aryl methyl sites for hydroxylation is 1. The molecule has 8 nitrogen and oxygen atoms in total. The molecule has 2 aromatic heterocycles. The maximum absolute atomic E-state index is 13.0. The van der Waals surface area contributed by atoms with Crippen LogP contribution in [0.1, 0.15) is 22.8 Å². The quantitative estimate of drug-likeness (QED) is 0.515. The van der Waals surface area contributed by atoms with Crippen LogP contribution in [-0.4, -0.2) is 29.7 Å². The SMILES string of the molecule is Cc1cccc(-n2ccnc2SC(C)C(=O)c2c(N)n(C)c(=O)n(C)c2=O)c1. The fraction of sp³-hybridized carbons (Fsp3) is 0.263. The van der Waals surface area contributed by atoms with Gasteiger partial charge in [0.1, 0.15) is 11.4 Å². The fourth-order valence-electron chi connectivity index (χ4n) is 2.86. The number of hydrogen-bond acceptors (Lipinski definition) is 6. The summed E-state index contributed by atoms with van der Waals surface area (Å²) < 4.78 is 3.86. The lowest BCUT2D eigenvalue weighted by Crippen LogP contribution is -2.42. The lowest BCUT2D eigenvalue weighted by molar-refractivity contribution is 0.0992. The number of nitrogen functional groups attached to an aromatic ring is 1. The third-order valence-electron chi connectivity index (χ3n) is 4.49. The van der Waals surface area contributed by atoms with Crippen molar-refractivity contribution in [3.63, 3.8) is 0 Å². The molecule has 0 aliphatic carbocycles. The molecule has 28 heavy (non-hydrogen) atoms. The molecule has 3 rings (SSSR count). The Morgan fingerprint density at radius 3 is 2.61 bits per heavy atom. The summed E-state index contributed by atoms with van der Waals surface area (Å²) >= 11 is 1.23. The van der Waals surface area contributed by atoms with E-state index in [-0.39, 0.29) is 11.4 Å². The van der Waals surface area contributed by atoms with Crippen LogP contribution in [0.2, 0.25) is 0 Å². The van der Waals surface area contributed by atoms with Gasteiger partial charge in [0.15, 0.2) is 10.9 Å². The maximum atomic E-state index is 13.0. The average molecular weight is 399 g/mol. The number of hydrogen-bond donors (Lipinski definition) is 1. The summed E-state index contributed by atoms with van der Waals surface area (Å²) in [6.07, 6.45) is 3.47. The van der Waals surface area contributed by atoms with Gasteiger partial charge in [-0.2, -0.15) is 0 Å². The minimum absolute atomic E-state index is 0.132. The van der Waals surface area contributed by atoms with Gasteiger partial charge in [-0.15, -0.1) is 0 Å². The van der Waals surface area contributed by atoms with E-state index in [1.807, 2.05) is 42.0 Å². The van der Waals surface area contributed by atoms with Crippen LogP contribution in [0.25, 0.3) is 5.69 Å². The van der Waals surface area contributed by atoms with Gasteiger partial charge in [-0.05, 0) is 31.5 Å². The Morgan fingerprint density at radius 1 is 1.21 bits per heavy atom. The minimum atomic E-state index is -0.694. The highest BCUT2D eigenvalue weighted by molar-refractivity contribution is 8.00. The van der Waals surface area contributed by atoms with Crippen molar-refractivity contribution in [3.8, 4) is 5.69 Å². The predicted molar refractivity (Wildman–Crippen MR) is 109 cm³/mol. The van der Waals surface area contributed by atoms with E-state index in [1.165, 1.54) is 25.9 Å². The molecule has 1 unspecified atom stereocenters. The van der Waals surface area contributed by atoms with Crippen LogP contribution in [0.3, 0.4) is 0 Å². The van der Waals surface area contributed by atoms with E-state index < -0.39 is 22.3 Å². The minimum Gasteiger partial charge on any atom is -0.384 e. The smallest absolute Gasteiger partial charge is 0.332 e. The van der Waals surface area contributed by atoms with E-state index in [4.69, 9.17) is 5.73 Å². The van der Waals surface area contributed by atoms with Gasteiger partial charge < -0.3 is 5.73 Å². The molecular weight excluding hydrogens is 378 g/mol. The largest absolute Gasteiger partial charge is 0.384 e. The summed E-state index contributed by atoms with van der Waals surface area (Å²) in [7, 11) is 2.75. The van der Waals surface area contributed by atoms with Crippen molar-refractivity contribution in [2.45, 2.75) is 24.3 Å². The highest BCUT2D eigenvalue weighted by atomic mass is 32.2. The standard InChI is InChI=1S/C19H21N5O3S/c1-11-6-5-7-13(10-11)24-9-8-21-18(24)28-12(2)15(25)14-16(20)22(3)19(27)23(4)17(14)26/h5-10,12H,20H2,1-4H3. The predicted octanol–water partition coefficient (Wildman–Crippen LogP) is 1.52. The number of benzene rings is 1. The van der Waals surface area contributed by atoms with Gasteiger partial charge in [-0.1, -0.05) is 23.9 Å². The summed E-state index contributed by atoms with van der Waals surface area (Å²) in [6.45, 7) is 3.68. The molecule has 1 atom stereocenters. The second-order valence-corrected chi connectivity index (χ2v) is 7.82. The van der Waals surface area contributed by atoms with Crippen molar-refractivity contribution in [2.75, 3.05) is 5.73 Å². The molecule has 0 bridgehead atoms. The van der Waals surface area contributed by atoms with Gasteiger partial charge in [0.2, 0.25) is 0 Å². The van der Waals surface area contributed by atoms with E-state index in [2.05, 4.69) is 4.98 Å². The van der Waals surface area contributed by atoms with Crippen molar-refractivity contribution >= 4 is 23.4 Å². The van der Waals surface area contributed by atoms with Crippen LogP contribution in [0.5, 0.6) is 0 Å². The Balaban J connectivity index is 1.95. The molecule has 0 saturated heterocycles. The zero-order chi connectivity index (χ0) is 20.6. The highest BCUT2D eigenvalue weighted by Gasteiger charge is 2.26. The second-order valence-electron chi connectivity index (χ2n) is 6.51. The van der Waals surface area contributed by atoms with Crippen molar-refractivity contribution in [1.82, 2.24) is 18.7 Å². The van der Waals surface area contributed by atoms with Crippen LogP contribution >= 0.6 is 11.8 Å². The molecule has 2 N–H and O–H groups in total. The summed E-state index contributed by atoms with van der Waals surface area (Å²) in [5.41, 5.74) is 6.48. The first kappa shape index (κ1) is 19.7. The lowest BCUT2D eigenvalue weighted by Gasteiger charge is -2.15. The number of nitrogens with zero attached hydrogens (tertiary/aromatic N) is 4. The normalized spacial score (nSPS) is 12.1. The number of aromatic nitrogens is 4. The van der Waals surface area contributed by atoms with Crippen molar-refractivity contribution in [1.29, 1.82) is 0 Å². The van der Waals surface area contributed by atoms with Crippen molar-refractivity contribution in [2.24, 2.45) is 14.1 Å². The van der Waals surface area contributed by atoms with Crippen LogP contribution < -0.4 is 17.0 Å². The van der Waals surface area contributed by atoms with E-state index in [0.29, 0.717) is 5.16 Å². The molecule has 3 aromatic rings. The number of carbonyl (C=O) groups is 1. The molecular formula is C19H21N5O3S. The van der Waals surface area contributed by atoms with E-state index in [1.54, 1.807) is 13.1 Å². The van der Waals surface area contributed by atoms with Gasteiger partial charge in [-0.3, -0.25) is 23.3 Å². The topological polar surface area (TPSA) is 105 Å². The van der Waals surface area contributed by atoms with Crippen molar-refractivity contribution in [3.05, 3.63) is 68.6 Å². The lowest BCUT2D eigenvalue weighted by atomic mass is 10.1. The summed E-state index contributed by atoms with van der Waals surface area (Å²) in [5, 5.41) is -0.00914. The Bertz CT molecular complexity index is 1180. The van der Waals surface area contributed by atoms with Crippen molar-refractivity contribution < 1.29 is 4.79 Å². The van der Waals surface area contributed by atoms with Crippen LogP contribution in [0.15, 0.2) is 51.4 Å². The van der Waals surface area contributed by atoms with Crippen LogP contribution in [-0.2, 0) is 14.1 Å². The number of thioether (sulfide) groups is 1. The molecule has 0 aliphatic rings. The van der Waals surface area contributed by atoms with Gasteiger partial charge in [0.25, 0.3) is 5.56 Å². The van der Waals surface area contributed by atoms with Gasteiger partial charge in [0, 0.05) is 32.2 Å². The number of rotatable bonds is 5. The summed E-state index contributed by atoms with van der Waals surface area (Å²) in [6, 6.07) is 7.91. The Hall–Kier alpha value is -3.07. The number of carbonyl (C=O) groups excluding carboxylic acids is 1. The number of imidazole rings is 1. The van der Waals surface area contributed by atoms with Crippen LogP contribution in [0, 0.1) is 6.92 Å². The molecule has 146 valence electrons. The first-order valence-electron chi connectivity index (χ1n) is 8.59. The molecule has 0 aliphatic heterocycles. The number of anilines is 1. The van der Waals surface area contributed by atoms with E-state index in [9.17, 15) is 14.4 Å². The second kappa shape index (κ2) is 7.51. The van der Waals surface area contributed by atoms with E-state index in [0.717, 1.165) is 20.4 Å². The Morgan fingerprint density at radius 2 is 1.93 bits per heavy atom. The van der Waals surface area contributed by atoms with Gasteiger partial charge in [0.05, 0.1) is 5.25 Å². The first-order chi connectivity index (χ1) is 13.2. The molecule has 1 aromatic carbocycles. The van der Waals surface area contributed by atoms with Gasteiger partial charge >= 0.3 is 5.69 Å². The third-order valence-corrected chi connectivity index (χ3v) is 5.57. The van der Waals surface area contributed by atoms with Gasteiger partial charge in [-0.25, -0.2) is 9.78 Å². The number of Topliss-reactive ketones (excluding diaryl/α,β-unsaturated/α-hetero) is 1. The molecule has 9 heteroatoms. The monoisotopic (exact) mass is 399 g/mol. The maximum Gasteiger partial charge on any atom is 0.332 e.